The summed E-state index contributed by atoms with van der Waals surface area (Å²) in [6.07, 6.45) is 0. The summed E-state index contributed by atoms with van der Waals surface area (Å²) in [6.45, 7) is -1.43. The van der Waals surface area contributed by atoms with Crippen LogP contribution in [0.2, 0.25) is 0 Å². The highest BCUT2D eigenvalue weighted by molar-refractivity contribution is 6.74. The van der Waals surface area contributed by atoms with Crippen molar-refractivity contribution in [2.45, 2.75) is 20.5 Å². The molecule has 2 aromatic rings. The first-order valence-corrected chi connectivity index (χ1v) is 6.45. The van der Waals surface area contributed by atoms with Crippen molar-refractivity contribution in [3.63, 3.8) is 0 Å². The van der Waals surface area contributed by atoms with E-state index in [0.717, 1.165) is 28.8 Å². The van der Waals surface area contributed by atoms with E-state index in [2.05, 4.69) is 0 Å². The molecule has 21 heavy (non-hydrogen) atoms. The van der Waals surface area contributed by atoms with Crippen molar-refractivity contribution in [2.24, 2.45) is 0 Å². The van der Waals surface area contributed by atoms with Crippen molar-refractivity contribution in [3.05, 3.63) is 58.9 Å². The van der Waals surface area contributed by atoms with Crippen molar-refractivity contribution < 1.29 is 22.1 Å². The molecule has 0 aliphatic rings. The van der Waals surface area contributed by atoms with Gasteiger partial charge in [0.25, 0.3) is 0 Å². The van der Waals surface area contributed by atoms with E-state index in [1.165, 1.54) is 0 Å². The number of ether oxygens (including phenoxy) is 1. The zero-order chi connectivity index (χ0) is 15.6. The molecule has 0 unspecified atom stereocenters. The fourth-order valence-corrected chi connectivity index (χ4v) is 1.96. The van der Waals surface area contributed by atoms with Gasteiger partial charge in [-0.1, -0.05) is 29.7 Å². The molecule has 0 heterocycles. The van der Waals surface area contributed by atoms with Crippen LogP contribution in [0, 0.1) is 19.7 Å². The van der Waals surface area contributed by atoms with E-state index in [1.54, 1.807) is 6.07 Å². The molecule has 6 heteroatoms. The average molecular weight is 297 g/mol. The van der Waals surface area contributed by atoms with Gasteiger partial charge in [-0.15, -0.1) is 0 Å². The third-order valence-electron chi connectivity index (χ3n) is 3.29. The summed E-state index contributed by atoms with van der Waals surface area (Å²) in [6, 6.07) is 7.76. The Bertz CT molecular complexity index is 653. The lowest BCUT2D eigenvalue weighted by molar-refractivity contribution is 0.305. The summed E-state index contributed by atoms with van der Waals surface area (Å²) in [7, 11) is 0. The quantitative estimate of drug-likeness (QED) is 0.610. The number of rotatable bonds is 4. The van der Waals surface area contributed by atoms with Crippen LogP contribution in [0.15, 0.2) is 36.4 Å². The molecule has 0 saturated heterocycles. The van der Waals surface area contributed by atoms with Crippen molar-refractivity contribution in [1.82, 2.24) is 0 Å². The number of aryl methyl sites for hydroxylation is 2. The SMILES string of the molecule is Cc1ccc(COc2cc(F)ccc2[B-](F)(F)F)cc1C. The summed E-state index contributed by atoms with van der Waals surface area (Å²) in [4.78, 5) is 0. The molecule has 0 N–H and O–H groups in total. The number of hydrogen-bond donors (Lipinski definition) is 0. The molecule has 2 rings (SSSR count). The second kappa shape index (κ2) is 5.80. The molecule has 0 aliphatic heterocycles. The fraction of sp³-hybridized carbons (Fsp3) is 0.200. The van der Waals surface area contributed by atoms with Gasteiger partial charge in [0, 0.05) is 6.07 Å². The van der Waals surface area contributed by atoms with Gasteiger partial charge < -0.3 is 17.7 Å². The second-order valence-corrected chi connectivity index (χ2v) is 4.96. The molecular formula is C15H14BF4O-. The summed E-state index contributed by atoms with van der Waals surface area (Å²) in [5.74, 6) is -1.23. The van der Waals surface area contributed by atoms with Gasteiger partial charge >= 0.3 is 6.98 Å². The lowest BCUT2D eigenvalue weighted by Crippen LogP contribution is -2.35. The summed E-state index contributed by atoms with van der Waals surface area (Å²) < 4.78 is 57.0. The van der Waals surface area contributed by atoms with Gasteiger partial charge in [-0.2, -0.15) is 0 Å². The molecule has 0 atom stereocenters. The lowest BCUT2D eigenvalue weighted by Gasteiger charge is -2.20. The topological polar surface area (TPSA) is 9.23 Å². The maximum Gasteiger partial charge on any atom is 0.513 e. The van der Waals surface area contributed by atoms with Crippen LogP contribution < -0.4 is 10.2 Å². The van der Waals surface area contributed by atoms with Crippen molar-refractivity contribution in [3.8, 4) is 5.75 Å². The number of halogens is 4. The predicted octanol–water partition coefficient (Wildman–Crippen LogP) is 4.08. The minimum Gasteiger partial charge on any atom is -0.492 e. The van der Waals surface area contributed by atoms with Crippen LogP contribution in [0.3, 0.4) is 0 Å². The Morgan fingerprint density at radius 1 is 0.952 bits per heavy atom. The molecule has 112 valence electrons. The number of benzene rings is 2. The van der Waals surface area contributed by atoms with Crippen LogP contribution >= 0.6 is 0 Å². The van der Waals surface area contributed by atoms with Gasteiger partial charge in [0.1, 0.15) is 12.4 Å². The largest absolute Gasteiger partial charge is 0.513 e. The minimum atomic E-state index is -5.24. The summed E-state index contributed by atoms with van der Waals surface area (Å²) >= 11 is 0. The zero-order valence-electron chi connectivity index (χ0n) is 11.7. The van der Waals surface area contributed by atoms with Crippen LogP contribution in [-0.4, -0.2) is 6.98 Å². The molecular weight excluding hydrogens is 283 g/mol. The van der Waals surface area contributed by atoms with Crippen molar-refractivity contribution in [1.29, 1.82) is 0 Å². The van der Waals surface area contributed by atoms with Gasteiger partial charge in [0.2, 0.25) is 0 Å². The Labute approximate surface area is 120 Å². The van der Waals surface area contributed by atoms with Crippen LogP contribution in [0.4, 0.5) is 17.3 Å². The standard InChI is InChI=1S/C15H14BF4O/c1-10-3-4-12(7-11(10)2)9-21-15-8-13(17)5-6-14(15)16(18,19)20/h3-8H,9H2,1-2H3/q-1. The molecule has 0 spiro atoms. The Kier molecular flexibility index (Phi) is 4.25. The first-order valence-electron chi connectivity index (χ1n) is 6.45. The van der Waals surface area contributed by atoms with Gasteiger partial charge in [0.05, 0.1) is 5.75 Å². The van der Waals surface area contributed by atoms with Crippen LogP contribution in [0.25, 0.3) is 0 Å². The van der Waals surface area contributed by atoms with Crippen molar-refractivity contribution in [2.75, 3.05) is 0 Å². The van der Waals surface area contributed by atoms with E-state index in [1.807, 2.05) is 26.0 Å². The van der Waals surface area contributed by atoms with Gasteiger partial charge in [0.15, 0.2) is 0 Å². The monoisotopic (exact) mass is 297 g/mol. The Morgan fingerprint density at radius 3 is 2.29 bits per heavy atom. The summed E-state index contributed by atoms with van der Waals surface area (Å²) in [5, 5.41) is 0. The van der Waals surface area contributed by atoms with E-state index in [9.17, 15) is 17.3 Å². The molecule has 0 aliphatic carbocycles. The maximum atomic E-state index is 13.1. The summed E-state index contributed by atoms with van der Waals surface area (Å²) in [5.41, 5.74) is 1.93. The van der Waals surface area contributed by atoms with Crippen LogP contribution in [-0.2, 0) is 6.61 Å². The molecule has 0 amide bonds. The average Bonchev–Trinajstić information content (AvgIpc) is 2.39. The molecule has 0 aromatic heterocycles. The molecule has 2 aromatic carbocycles. The third kappa shape index (κ3) is 3.77. The highest BCUT2D eigenvalue weighted by Gasteiger charge is 2.29. The first kappa shape index (κ1) is 15.4. The van der Waals surface area contributed by atoms with Crippen LogP contribution in [0.5, 0.6) is 5.75 Å². The minimum absolute atomic E-state index is 0.0380. The second-order valence-electron chi connectivity index (χ2n) is 4.96. The van der Waals surface area contributed by atoms with Gasteiger partial charge in [-0.25, -0.2) is 4.39 Å². The van der Waals surface area contributed by atoms with E-state index >= 15 is 0 Å². The Balaban J connectivity index is 2.23. The smallest absolute Gasteiger partial charge is 0.492 e. The zero-order valence-corrected chi connectivity index (χ0v) is 11.7. The molecule has 0 radical (unpaired) electrons. The van der Waals surface area contributed by atoms with E-state index in [4.69, 9.17) is 4.74 Å². The van der Waals surface area contributed by atoms with Crippen molar-refractivity contribution >= 4 is 12.4 Å². The van der Waals surface area contributed by atoms with E-state index in [-0.39, 0.29) is 6.61 Å². The highest BCUT2D eigenvalue weighted by atomic mass is 19.4. The van der Waals surface area contributed by atoms with Gasteiger partial charge in [-0.05, 0) is 36.6 Å². The van der Waals surface area contributed by atoms with E-state index < -0.39 is 24.0 Å². The third-order valence-corrected chi connectivity index (χ3v) is 3.29. The predicted molar refractivity (Wildman–Crippen MR) is 75.4 cm³/mol. The Morgan fingerprint density at radius 2 is 1.67 bits per heavy atom. The van der Waals surface area contributed by atoms with Crippen LogP contribution in [0.1, 0.15) is 16.7 Å². The normalized spacial score (nSPS) is 11.5. The van der Waals surface area contributed by atoms with E-state index in [0.29, 0.717) is 6.07 Å². The molecule has 1 nitrogen and oxygen atoms in total. The molecule has 0 bridgehead atoms. The highest BCUT2D eigenvalue weighted by Crippen LogP contribution is 2.20. The number of hydrogen-bond acceptors (Lipinski definition) is 1. The molecule has 0 saturated carbocycles. The maximum absolute atomic E-state index is 13.1. The van der Waals surface area contributed by atoms with Gasteiger partial charge in [-0.3, -0.25) is 0 Å². The molecule has 0 fully saturated rings. The lowest BCUT2D eigenvalue weighted by atomic mass is 9.79. The first-order chi connectivity index (χ1) is 9.77. The fourth-order valence-electron chi connectivity index (χ4n) is 1.96. The Hall–Kier alpha value is -1.98.